The number of hydrogen-bond donors (Lipinski definition) is 1. The van der Waals surface area contributed by atoms with Crippen molar-refractivity contribution in [3.63, 3.8) is 0 Å². The third-order valence-corrected chi connectivity index (χ3v) is 1.95. The summed E-state index contributed by atoms with van der Waals surface area (Å²) < 4.78 is 9.84. The molecule has 0 amide bonds. The van der Waals surface area contributed by atoms with E-state index in [-0.39, 0.29) is 6.61 Å². The Bertz CT molecular complexity index is 86.7. The molecule has 0 aromatic heterocycles. The molecule has 1 N–H and O–H groups in total. The van der Waals surface area contributed by atoms with Crippen LogP contribution in [0.2, 0.25) is 0 Å². The molecule has 0 saturated heterocycles. The molecule has 5 heteroatoms. The van der Waals surface area contributed by atoms with Crippen LogP contribution in [0.3, 0.4) is 0 Å². The molecule has 0 fully saturated rings. The normalized spacial score (nSPS) is 11.0. The first-order valence-electron chi connectivity index (χ1n) is 3.90. The van der Waals surface area contributed by atoms with Gasteiger partial charge in [-0.1, -0.05) is 0 Å². The highest BCUT2D eigenvalue weighted by molar-refractivity contribution is 14.1. The molecule has 0 bridgehead atoms. The van der Waals surface area contributed by atoms with Crippen LogP contribution in [0.15, 0.2) is 0 Å². The smallest absolute Gasteiger partial charge is 0.109 e. The lowest BCUT2D eigenvalue weighted by Crippen LogP contribution is -2.32. The standard InChI is InChI=1S/C7H16INO3/c1-11-6-3-9(2-5-10)4-7-12-8/h10H,2-7H2,1H3. The van der Waals surface area contributed by atoms with Gasteiger partial charge in [-0.25, -0.2) is 0 Å². The molecule has 12 heavy (non-hydrogen) atoms. The fraction of sp³-hybridized carbons (Fsp3) is 1.00. The Hall–Kier alpha value is 0.570. The molecule has 74 valence electrons. The Labute approximate surface area is 87.5 Å². The van der Waals surface area contributed by atoms with E-state index in [1.807, 2.05) is 23.0 Å². The lowest BCUT2D eigenvalue weighted by molar-refractivity contribution is 0.124. The molecule has 0 heterocycles. The van der Waals surface area contributed by atoms with Crippen LogP contribution < -0.4 is 0 Å². The molecule has 4 nitrogen and oxygen atoms in total. The molecule has 0 radical (unpaired) electrons. The number of aliphatic hydroxyl groups is 1. The molecule has 0 aromatic rings. The van der Waals surface area contributed by atoms with E-state index in [2.05, 4.69) is 4.90 Å². The number of aliphatic hydroxyl groups excluding tert-OH is 1. The van der Waals surface area contributed by atoms with Crippen LogP contribution in [0.1, 0.15) is 0 Å². The summed E-state index contributed by atoms with van der Waals surface area (Å²) in [5.41, 5.74) is 0. The van der Waals surface area contributed by atoms with Crippen LogP contribution in [0.5, 0.6) is 0 Å². The Morgan fingerprint density at radius 1 is 1.25 bits per heavy atom. The van der Waals surface area contributed by atoms with Crippen molar-refractivity contribution in [3.8, 4) is 0 Å². The highest BCUT2D eigenvalue weighted by Gasteiger charge is 2.02. The average molecular weight is 289 g/mol. The van der Waals surface area contributed by atoms with E-state index >= 15 is 0 Å². The molecule has 0 unspecified atom stereocenters. The molecule has 0 atom stereocenters. The van der Waals surface area contributed by atoms with E-state index in [0.29, 0.717) is 19.8 Å². The van der Waals surface area contributed by atoms with Crippen molar-refractivity contribution in [1.82, 2.24) is 4.90 Å². The van der Waals surface area contributed by atoms with Crippen molar-refractivity contribution in [2.24, 2.45) is 0 Å². The van der Waals surface area contributed by atoms with Gasteiger partial charge in [-0.2, -0.15) is 0 Å². The summed E-state index contributed by atoms with van der Waals surface area (Å²) in [6.45, 7) is 3.93. The Morgan fingerprint density at radius 3 is 2.42 bits per heavy atom. The topological polar surface area (TPSA) is 41.9 Å². The third-order valence-electron chi connectivity index (χ3n) is 1.51. The third kappa shape index (κ3) is 7.23. The zero-order chi connectivity index (χ0) is 9.23. The SMILES string of the molecule is COCCN(CCO)CCOI. The van der Waals surface area contributed by atoms with E-state index < -0.39 is 0 Å². The molecule has 0 rings (SSSR count). The van der Waals surface area contributed by atoms with Gasteiger partial charge in [0.1, 0.15) is 23.0 Å². The number of methoxy groups -OCH3 is 1. The van der Waals surface area contributed by atoms with Crippen LogP contribution in [0, 0.1) is 0 Å². The number of nitrogens with zero attached hydrogens (tertiary/aromatic N) is 1. The van der Waals surface area contributed by atoms with Gasteiger partial charge in [0.2, 0.25) is 0 Å². The summed E-state index contributed by atoms with van der Waals surface area (Å²) in [5.74, 6) is 0. The van der Waals surface area contributed by atoms with E-state index in [1.165, 1.54) is 0 Å². The summed E-state index contributed by atoms with van der Waals surface area (Å²) in [4.78, 5) is 2.10. The summed E-state index contributed by atoms with van der Waals surface area (Å²) in [5, 5.41) is 8.71. The highest BCUT2D eigenvalue weighted by Crippen LogP contribution is 1.91. The van der Waals surface area contributed by atoms with Gasteiger partial charge in [-0.05, 0) is 0 Å². The maximum Gasteiger partial charge on any atom is 0.109 e. The van der Waals surface area contributed by atoms with Crippen molar-refractivity contribution < 1.29 is 12.9 Å². The molecule has 0 aliphatic carbocycles. The summed E-state index contributed by atoms with van der Waals surface area (Å²) in [6.07, 6.45) is 0. The average Bonchev–Trinajstić information content (AvgIpc) is 2.10. The van der Waals surface area contributed by atoms with Crippen LogP contribution in [-0.4, -0.2) is 56.6 Å². The number of rotatable bonds is 8. The van der Waals surface area contributed by atoms with Gasteiger partial charge in [-0.3, -0.25) is 4.90 Å². The molecule has 0 aliphatic heterocycles. The molecule has 0 spiro atoms. The molecular weight excluding hydrogens is 273 g/mol. The largest absolute Gasteiger partial charge is 0.395 e. The first kappa shape index (κ1) is 12.6. The monoisotopic (exact) mass is 289 g/mol. The van der Waals surface area contributed by atoms with Gasteiger partial charge in [0.05, 0.1) is 19.8 Å². The Balaban J connectivity index is 3.40. The van der Waals surface area contributed by atoms with E-state index in [0.717, 1.165) is 13.1 Å². The summed E-state index contributed by atoms with van der Waals surface area (Å²) in [6, 6.07) is 0. The van der Waals surface area contributed by atoms with Gasteiger partial charge in [0.25, 0.3) is 0 Å². The second-order valence-electron chi connectivity index (χ2n) is 2.37. The van der Waals surface area contributed by atoms with E-state index in [4.69, 9.17) is 12.9 Å². The van der Waals surface area contributed by atoms with Crippen LogP contribution in [0.25, 0.3) is 0 Å². The van der Waals surface area contributed by atoms with Crippen molar-refractivity contribution in [3.05, 3.63) is 0 Å². The highest BCUT2D eigenvalue weighted by atomic mass is 127. The van der Waals surface area contributed by atoms with Gasteiger partial charge in [0, 0.05) is 26.7 Å². The van der Waals surface area contributed by atoms with Crippen LogP contribution in [-0.2, 0) is 7.80 Å². The summed E-state index contributed by atoms with van der Waals surface area (Å²) in [7, 11) is 1.67. The van der Waals surface area contributed by atoms with Crippen LogP contribution in [0.4, 0.5) is 0 Å². The Kier molecular flexibility index (Phi) is 10.1. The summed E-state index contributed by atoms with van der Waals surface area (Å²) >= 11 is 1.87. The number of hydrogen-bond acceptors (Lipinski definition) is 4. The fourth-order valence-corrected chi connectivity index (χ4v) is 1.06. The minimum absolute atomic E-state index is 0.185. The fourth-order valence-electron chi connectivity index (χ4n) is 0.861. The molecule has 0 saturated carbocycles. The van der Waals surface area contributed by atoms with Crippen molar-refractivity contribution >= 4 is 23.0 Å². The maximum absolute atomic E-state index is 8.71. The number of ether oxygens (including phenoxy) is 1. The quantitative estimate of drug-likeness (QED) is 0.652. The minimum atomic E-state index is 0.185. The first-order valence-corrected chi connectivity index (χ1v) is 4.79. The first-order chi connectivity index (χ1) is 5.85. The van der Waals surface area contributed by atoms with Gasteiger partial charge in [-0.15, -0.1) is 0 Å². The zero-order valence-electron chi connectivity index (χ0n) is 7.33. The lowest BCUT2D eigenvalue weighted by Gasteiger charge is -2.19. The van der Waals surface area contributed by atoms with Crippen molar-refractivity contribution in [1.29, 1.82) is 0 Å². The second kappa shape index (κ2) is 9.66. The minimum Gasteiger partial charge on any atom is -0.395 e. The number of halogens is 1. The van der Waals surface area contributed by atoms with Gasteiger partial charge < -0.3 is 12.9 Å². The van der Waals surface area contributed by atoms with E-state index in [9.17, 15) is 0 Å². The maximum atomic E-state index is 8.71. The van der Waals surface area contributed by atoms with Crippen molar-refractivity contribution in [2.45, 2.75) is 0 Å². The lowest BCUT2D eigenvalue weighted by atomic mass is 10.4. The van der Waals surface area contributed by atoms with Gasteiger partial charge in [0.15, 0.2) is 0 Å². The Morgan fingerprint density at radius 2 is 1.92 bits per heavy atom. The molecule has 0 aliphatic rings. The van der Waals surface area contributed by atoms with Gasteiger partial charge >= 0.3 is 0 Å². The molecular formula is C7H16INO3. The van der Waals surface area contributed by atoms with Crippen LogP contribution >= 0.6 is 23.0 Å². The zero-order valence-corrected chi connectivity index (χ0v) is 9.49. The van der Waals surface area contributed by atoms with Crippen molar-refractivity contribution in [2.75, 3.05) is 46.6 Å². The van der Waals surface area contributed by atoms with E-state index in [1.54, 1.807) is 7.11 Å². The predicted molar refractivity (Wildman–Crippen MR) is 55.4 cm³/mol. The molecule has 0 aromatic carbocycles. The predicted octanol–water partition coefficient (Wildman–Crippen LogP) is 0.294. The second-order valence-corrected chi connectivity index (χ2v) is 2.99.